The fourth-order valence-electron chi connectivity index (χ4n) is 3.27. The summed E-state index contributed by atoms with van der Waals surface area (Å²) < 4.78 is 17.5. The molecule has 10 nitrogen and oxygen atoms in total. The van der Waals surface area contributed by atoms with E-state index in [4.69, 9.17) is 37.4 Å². The molecule has 0 saturated heterocycles. The molecule has 0 saturated carbocycles. The molecule has 13 heteroatoms. The Morgan fingerprint density at radius 3 is 2.25 bits per heavy atom. The van der Waals surface area contributed by atoms with Crippen LogP contribution in [0.25, 0.3) is 0 Å². The number of amides is 3. The number of para-hydroxylation sites is 2. The van der Waals surface area contributed by atoms with Gasteiger partial charge in [0.15, 0.2) is 18.1 Å². The maximum absolute atomic E-state index is 12.4. The number of rotatable bonds is 11. The number of hydrogen-bond donors (Lipinski definition) is 3. The zero-order valence-electron chi connectivity index (χ0n) is 21.4. The Morgan fingerprint density at radius 1 is 0.875 bits per heavy atom. The molecule has 0 aliphatic rings. The summed E-state index contributed by atoms with van der Waals surface area (Å²) in [5.74, 6) is -1.13. The number of benzene rings is 3. The molecule has 3 amide bonds. The van der Waals surface area contributed by atoms with Crippen LogP contribution in [0.3, 0.4) is 0 Å². The lowest BCUT2D eigenvalue weighted by Gasteiger charge is -2.15. The quantitative estimate of drug-likeness (QED) is 0.105. The van der Waals surface area contributed by atoms with Crippen molar-refractivity contribution in [3.05, 3.63) is 73.8 Å². The molecule has 3 aromatic carbocycles. The zero-order chi connectivity index (χ0) is 29.1. The van der Waals surface area contributed by atoms with Gasteiger partial charge in [-0.15, -0.1) is 0 Å². The molecule has 0 atom stereocenters. The van der Waals surface area contributed by atoms with Gasteiger partial charge >= 0.3 is 11.8 Å². The molecule has 3 rings (SSSR count). The second-order valence-electron chi connectivity index (χ2n) is 7.84. The van der Waals surface area contributed by atoms with Crippen LogP contribution in [-0.2, 0) is 14.4 Å². The van der Waals surface area contributed by atoms with Crippen LogP contribution in [-0.4, -0.2) is 43.8 Å². The van der Waals surface area contributed by atoms with E-state index in [1.54, 1.807) is 61.5 Å². The van der Waals surface area contributed by atoms with Crippen molar-refractivity contribution in [2.75, 3.05) is 30.5 Å². The van der Waals surface area contributed by atoms with Gasteiger partial charge in [0.1, 0.15) is 5.75 Å². The van der Waals surface area contributed by atoms with E-state index < -0.39 is 17.7 Å². The van der Waals surface area contributed by atoms with E-state index in [1.165, 1.54) is 6.21 Å². The third kappa shape index (κ3) is 9.28. The standard InChI is InChI=1S/C27H25Cl2IN4O6/c1-3-38-22-8-6-5-7-21(22)33-26(36)27(37)34-31-14-16-9-20(30)25(23(10-16)39-4-2)40-15-24(35)32-19-12-17(28)11-18(29)13-19/h5-14H,3-4,15H2,1-2H3,(H,32,35)(H,33,36)(H,34,37)/b31-14-. The predicted molar refractivity (Wildman–Crippen MR) is 163 cm³/mol. The molecule has 210 valence electrons. The Kier molecular flexibility index (Phi) is 11.8. The number of ether oxygens (including phenoxy) is 3. The Morgan fingerprint density at radius 2 is 1.55 bits per heavy atom. The molecular formula is C27H25Cl2IN4O6. The fourth-order valence-corrected chi connectivity index (χ4v) is 4.58. The van der Waals surface area contributed by atoms with E-state index in [-0.39, 0.29) is 6.61 Å². The lowest BCUT2D eigenvalue weighted by Crippen LogP contribution is -2.32. The smallest absolute Gasteiger partial charge is 0.329 e. The van der Waals surface area contributed by atoms with Gasteiger partial charge in [0.25, 0.3) is 5.91 Å². The Hall–Kier alpha value is -3.55. The Labute approximate surface area is 254 Å². The van der Waals surface area contributed by atoms with Crippen LogP contribution in [0.5, 0.6) is 17.2 Å². The van der Waals surface area contributed by atoms with Gasteiger partial charge in [-0.1, -0.05) is 35.3 Å². The lowest BCUT2D eigenvalue weighted by atomic mass is 10.2. The third-order valence-corrected chi connectivity index (χ3v) is 6.08. The number of nitrogens with zero attached hydrogens (tertiary/aromatic N) is 1. The number of nitrogens with one attached hydrogen (secondary N) is 3. The first-order chi connectivity index (χ1) is 19.2. The van der Waals surface area contributed by atoms with E-state index in [0.29, 0.717) is 61.0 Å². The van der Waals surface area contributed by atoms with Gasteiger partial charge < -0.3 is 24.8 Å². The minimum Gasteiger partial charge on any atom is -0.492 e. The highest BCUT2D eigenvalue weighted by atomic mass is 127. The van der Waals surface area contributed by atoms with Gasteiger partial charge in [-0.25, -0.2) is 5.43 Å². The number of carbonyl (C=O) groups is 3. The molecule has 40 heavy (non-hydrogen) atoms. The number of carbonyl (C=O) groups excluding carboxylic acids is 3. The molecule has 0 aromatic heterocycles. The second-order valence-corrected chi connectivity index (χ2v) is 9.88. The zero-order valence-corrected chi connectivity index (χ0v) is 25.1. The van der Waals surface area contributed by atoms with Gasteiger partial charge in [0.2, 0.25) is 0 Å². The van der Waals surface area contributed by atoms with E-state index >= 15 is 0 Å². The molecular weight excluding hydrogens is 674 g/mol. The first-order valence-electron chi connectivity index (χ1n) is 11.9. The molecule has 0 fully saturated rings. The monoisotopic (exact) mass is 698 g/mol. The highest BCUT2D eigenvalue weighted by Gasteiger charge is 2.16. The summed E-state index contributed by atoms with van der Waals surface area (Å²) in [4.78, 5) is 36.9. The van der Waals surface area contributed by atoms with Crippen LogP contribution < -0.4 is 30.3 Å². The summed E-state index contributed by atoms with van der Waals surface area (Å²) in [5, 5.41) is 9.81. The van der Waals surface area contributed by atoms with E-state index in [2.05, 4.69) is 21.2 Å². The number of anilines is 2. The molecule has 0 heterocycles. The molecule has 0 aliphatic carbocycles. The topological polar surface area (TPSA) is 127 Å². The molecule has 0 radical (unpaired) electrons. The largest absolute Gasteiger partial charge is 0.492 e. The highest BCUT2D eigenvalue weighted by molar-refractivity contribution is 14.1. The van der Waals surface area contributed by atoms with Crippen molar-refractivity contribution in [1.82, 2.24) is 5.43 Å². The van der Waals surface area contributed by atoms with Crippen LogP contribution in [0, 0.1) is 3.57 Å². The van der Waals surface area contributed by atoms with Crippen molar-refractivity contribution in [3.63, 3.8) is 0 Å². The van der Waals surface area contributed by atoms with Crippen LogP contribution in [0.4, 0.5) is 11.4 Å². The number of halogens is 3. The summed E-state index contributed by atoms with van der Waals surface area (Å²) >= 11 is 14.0. The van der Waals surface area contributed by atoms with Gasteiger partial charge in [0.05, 0.1) is 28.7 Å². The summed E-state index contributed by atoms with van der Waals surface area (Å²) in [6.07, 6.45) is 1.35. The van der Waals surface area contributed by atoms with Gasteiger partial charge in [-0.3, -0.25) is 14.4 Å². The summed E-state index contributed by atoms with van der Waals surface area (Å²) in [5.41, 5.74) is 3.55. The summed E-state index contributed by atoms with van der Waals surface area (Å²) in [6, 6.07) is 14.8. The van der Waals surface area contributed by atoms with Crippen LogP contribution in [0.2, 0.25) is 10.0 Å². The maximum atomic E-state index is 12.4. The molecule has 3 aromatic rings. The maximum Gasteiger partial charge on any atom is 0.329 e. The highest BCUT2D eigenvalue weighted by Crippen LogP contribution is 2.34. The normalized spacial score (nSPS) is 10.6. The predicted octanol–water partition coefficient (Wildman–Crippen LogP) is 5.50. The first kappa shape index (κ1) is 31.0. The van der Waals surface area contributed by atoms with Gasteiger partial charge in [-0.2, -0.15) is 5.10 Å². The third-order valence-electron chi connectivity index (χ3n) is 4.85. The van der Waals surface area contributed by atoms with Crippen molar-refractivity contribution in [2.24, 2.45) is 5.10 Å². The second kappa shape index (κ2) is 15.3. The van der Waals surface area contributed by atoms with E-state index in [9.17, 15) is 14.4 Å². The molecule has 0 spiro atoms. The van der Waals surface area contributed by atoms with E-state index in [0.717, 1.165) is 0 Å². The van der Waals surface area contributed by atoms with E-state index in [1.807, 2.05) is 29.5 Å². The fraction of sp³-hybridized carbons (Fsp3) is 0.185. The Bertz CT molecular complexity index is 1400. The average molecular weight is 699 g/mol. The summed E-state index contributed by atoms with van der Waals surface area (Å²) in [7, 11) is 0. The van der Waals surface area contributed by atoms with Crippen molar-refractivity contribution in [2.45, 2.75) is 13.8 Å². The van der Waals surface area contributed by atoms with Crippen LogP contribution in [0.1, 0.15) is 19.4 Å². The SMILES string of the molecule is CCOc1ccccc1NC(=O)C(=O)N/N=C\c1cc(I)c(OCC(=O)Nc2cc(Cl)cc(Cl)c2)c(OCC)c1. The van der Waals surface area contributed by atoms with Gasteiger partial charge in [-0.05, 0) is 84.5 Å². The van der Waals surface area contributed by atoms with Crippen molar-refractivity contribution in [3.8, 4) is 17.2 Å². The van der Waals surface area contributed by atoms with Crippen molar-refractivity contribution >= 4 is 81.1 Å². The number of hydrogen-bond acceptors (Lipinski definition) is 7. The molecule has 0 aliphatic heterocycles. The molecule has 0 bridgehead atoms. The Balaban J connectivity index is 1.62. The van der Waals surface area contributed by atoms with Crippen LogP contribution in [0.15, 0.2) is 59.7 Å². The van der Waals surface area contributed by atoms with Crippen molar-refractivity contribution in [1.29, 1.82) is 0 Å². The lowest BCUT2D eigenvalue weighted by molar-refractivity contribution is -0.136. The minimum atomic E-state index is -0.964. The van der Waals surface area contributed by atoms with Crippen LogP contribution >= 0.6 is 45.8 Å². The number of hydrazone groups is 1. The summed E-state index contributed by atoms with van der Waals surface area (Å²) in [6.45, 7) is 4.05. The van der Waals surface area contributed by atoms with Crippen molar-refractivity contribution < 1.29 is 28.6 Å². The minimum absolute atomic E-state index is 0.300. The molecule has 3 N–H and O–H groups in total. The van der Waals surface area contributed by atoms with Gasteiger partial charge in [0, 0.05) is 15.7 Å². The molecule has 0 unspecified atom stereocenters. The average Bonchev–Trinajstić information content (AvgIpc) is 2.89. The first-order valence-corrected chi connectivity index (χ1v) is 13.7.